The highest BCUT2D eigenvalue weighted by atomic mass is 32.1. The van der Waals surface area contributed by atoms with Crippen LogP contribution in [0.5, 0.6) is 11.6 Å². The number of rotatable bonds is 3. The molecule has 0 unspecified atom stereocenters. The lowest BCUT2D eigenvalue weighted by molar-refractivity contribution is -0.132. The fourth-order valence-electron chi connectivity index (χ4n) is 2.94. The number of fused-ring (bicyclic) bond motifs is 1. The van der Waals surface area contributed by atoms with Crippen molar-refractivity contribution >= 4 is 52.6 Å². The average molecular weight is 410 g/mol. The molecule has 0 bridgehead atoms. The molecule has 1 aliphatic rings. The Labute approximate surface area is 169 Å². The Morgan fingerprint density at radius 2 is 1.89 bits per heavy atom. The first-order chi connectivity index (χ1) is 13.5. The number of esters is 1. The zero-order valence-electron chi connectivity index (χ0n) is 14.6. The van der Waals surface area contributed by atoms with Crippen molar-refractivity contribution in [1.29, 1.82) is 0 Å². The third-order valence-electron chi connectivity index (χ3n) is 4.26. The molecule has 0 saturated carbocycles. The molecular weight excluding hydrogens is 396 g/mol. The fourth-order valence-corrected chi connectivity index (χ4v) is 4.23. The Morgan fingerprint density at radius 3 is 2.61 bits per heavy atom. The molecule has 0 spiro atoms. The minimum Gasteiger partial charge on any atom is -0.508 e. The van der Waals surface area contributed by atoms with Crippen LogP contribution in [0, 0.1) is 3.95 Å². The van der Waals surface area contributed by atoms with Gasteiger partial charge < -0.3 is 14.9 Å². The number of phenols is 1. The number of methoxy groups -OCH3 is 1. The Morgan fingerprint density at radius 1 is 1.18 bits per heavy atom. The predicted molar refractivity (Wildman–Crippen MR) is 111 cm³/mol. The summed E-state index contributed by atoms with van der Waals surface area (Å²) in [5.74, 6) is -0.487. The van der Waals surface area contributed by atoms with Gasteiger partial charge in [0.15, 0.2) is 9.67 Å². The summed E-state index contributed by atoms with van der Waals surface area (Å²) in [6.45, 7) is 0. The van der Waals surface area contributed by atoms with E-state index in [0.29, 0.717) is 25.8 Å². The SMILES string of the molecule is COC(=O)C1=Nc2ccccc2/C1=C\c1sc(=S)n(-c2ccc(O)cc2)c1O. The van der Waals surface area contributed by atoms with E-state index in [1.165, 1.54) is 35.1 Å². The molecule has 1 aromatic heterocycles. The van der Waals surface area contributed by atoms with Crippen LogP contribution in [0.15, 0.2) is 53.5 Å². The summed E-state index contributed by atoms with van der Waals surface area (Å²) < 4.78 is 6.78. The van der Waals surface area contributed by atoms with E-state index in [4.69, 9.17) is 17.0 Å². The first-order valence-corrected chi connectivity index (χ1v) is 9.44. The van der Waals surface area contributed by atoms with Crippen LogP contribution in [0.4, 0.5) is 5.69 Å². The van der Waals surface area contributed by atoms with Gasteiger partial charge in [0.25, 0.3) is 0 Å². The molecule has 140 valence electrons. The van der Waals surface area contributed by atoms with E-state index in [-0.39, 0.29) is 17.3 Å². The summed E-state index contributed by atoms with van der Waals surface area (Å²) >= 11 is 6.61. The van der Waals surface area contributed by atoms with Gasteiger partial charge in [0.1, 0.15) is 5.75 Å². The number of phenolic OH excluding ortho intramolecular Hbond substituents is 1. The van der Waals surface area contributed by atoms with Crippen LogP contribution in [-0.2, 0) is 9.53 Å². The van der Waals surface area contributed by atoms with Gasteiger partial charge in [-0.2, -0.15) is 0 Å². The Balaban J connectivity index is 1.86. The molecule has 0 atom stereocenters. The zero-order valence-corrected chi connectivity index (χ0v) is 16.3. The molecule has 0 radical (unpaired) electrons. The van der Waals surface area contributed by atoms with Gasteiger partial charge in [-0.15, -0.1) is 11.3 Å². The van der Waals surface area contributed by atoms with Gasteiger partial charge in [-0.3, -0.25) is 4.57 Å². The third-order valence-corrected chi connectivity index (χ3v) is 5.57. The second-order valence-corrected chi connectivity index (χ2v) is 7.61. The number of hydrogen-bond donors (Lipinski definition) is 2. The summed E-state index contributed by atoms with van der Waals surface area (Å²) in [4.78, 5) is 17.0. The van der Waals surface area contributed by atoms with Crippen LogP contribution in [0.1, 0.15) is 10.4 Å². The highest BCUT2D eigenvalue weighted by Crippen LogP contribution is 2.39. The van der Waals surface area contributed by atoms with Crippen molar-refractivity contribution in [1.82, 2.24) is 4.57 Å². The van der Waals surface area contributed by atoms with E-state index in [9.17, 15) is 15.0 Å². The number of nitrogens with zero attached hydrogens (tertiary/aromatic N) is 2. The van der Waals surface area contributed by atoms with Crippen LogP contribution in [-0.4, -0.2) is 33.6 Å². The number of benzene rings is 2. The molecule has 6 nitrogen and oxygen atoms in total. The number of ether oxygens (including phenoxy) is 1. The van der Waals surface area contributed by atoms with Gasteiger partial charge >= 0.3 is 5.97 Å². The van der Waals surface area contributed by atoms with Crippen molar-refractivity contribution in [3.63, 3.8) is 0 Å². The number of aliphatic imine (C=N–C) groups is 1. The number of carbonyl (C=O) groups excluding carboxylic acids is 1. The van der Waals surface area contributed by atoms with Crippen molar-refractivity contribution in [2.75, 3.05) is 7.11 Å². The van der Waals surface area contributed by atoms with Crippen molar-refractivity contribution in [3.05, 3.63) is 62.9 Å². The second-order valence-electron chi connectivity index (χ2n) is 5.93. The molecule has 1 aliphatic heterocycles. The lowest BCUT2D eigenvalue weighted by atomic mass is 10.0. The number of para-hydroxylation sites is 1. The highest BCUT2D eigenvalue weighted by Gasteiger charge is 2.27. The van der Waals surface area contributed by atoms with E-state index in [1.807, 2.05) is 24.3 Å². The molecular formula is C20H14N2O4S2. The van der Waals surface area contributed by atoms with Crippen LogP contribution in [0.2, 0.25) is 0 Å². The molecule has 8 heteroatoms. The summed E-state index contributed by atoms with van der Waals surface area (Å²) in [6, 6.07) is 13.7. The van der Waals surface area contributed by atoms with Crippen LogP contribution in [0.3, 0.4) is 0 Å². The van der Waals surface area contributed by atoms with E-state index in [2.05, 4.69) is 4.99 Å². The maximum Gasteiger partial charge on any atom is 0.357 e. The monoisotopic (exact) mass is 410 g/mol. The van der Waals surface area contributed by atoms with Crippen LogP contribution in [0.25, 0.3) is 17.3 Å². The predicted octanol–water partition coefficient (Wildman–Crippen LogP) is 4.48. The Kier molecular flexibility index (Phi) is 4.58. The first kappa shape index (κ1) is 18.1. The number of carbonyl (C=O) groups is 1. The fraction of sp³-hybridized carbons (Fsp3) is 0.0500. The Bertz CT molecular complexity index is 1200. The first-order valence-electron chi connectivity index (χ1n) is 8.22. The van der Waals surface area contributed by atoms with Gasteiger partial charge in [-0.1, -0.05) is 18.2 Å². The van der Waals surface area contributed by atoms with Gasteiger partial charge in [-0.05, 0) is 48.6 Å². The minimum absolute atomic E-state index is 0.0539. The number of aromatic hydroxyl groups is 2. The number of thiazole rings is 1. The molecule has 3 aromatic rings. The molecule has 4 rings (SSSR count). The molecule has 0 saturated heterocycles. The van der Waals surface area contributed by atoms with Gasteiger partial charge in [0, 0.05) is 11.1 Å². The maximum absolute atomic E-state index is 12.2. The van der Waals surface area contributed by atoms with E-state index >= 15 is 0 Å². The summed E-state index contributed by atoms with van der Waals surface area (Å²) in [6.07, 6.45) is 1.69. The third kappa shape index (κ3) is 3.02. The summed E-state index contributed by atoms with van der Waals surface area (Å²) in [7, 11) is 1.30. The van der Waals surface area contributed by atoms with Crippen molar-refractivity contribution < 1.29 is 19.7 Å². The normalized spacial score (nSPS) is 14.0. The smallest absolute Gasteiger partial charge is 0.357 e. The van der Waals surface area contributed by atoms with Gasteiger partial charge in [0.05, 0.1) is 23.4 Å². The number of aromatic nitrogens is 1. The van der Waals surface area contributed by atoms with Crippen LogP contribution < -0.4 is 0 Å². The maximum atomic E-state index is 12.2. The van der Waals surface area contributed by atoms with Crippen molar-refractivity contribution in [2.45, 2.75) is 0 Å². The van der Waals surface area contributed by atoms with E-state index < -0.39 is 5.97 Å². The van der Waals surface area contributed by atoms with E-state index in [1.54, 1.807) is 18.2 Å². The standard InChI is InChI=1S/C20H14N2O4S2/c1-26-19(25)17-14(13-4-2-3-5-15(13)21-17)10-16-18(24)22(20(27)28-16)11-6-8-12(23)9-7-11/h2-10,23-24H,1H3/b14-10+. The van der Waals surface area contributed by atoms with Crippen molar-refractivity contribution in [2.24, 2.45) is 4.99 Å². The molecule has 28 heavy (non-hydrogen) atoms. The van der Waals surface area contributed by atoms with Crippen molar-refractivity contribution in [3.8, 4) is 17.3 Å². The summed E-state index contributed by atoms with van der Waals surface area (Å²) in [5, 5.41) is 20.2. The molecule has 2 heterocycles. The number of hydrogen-bond acceptors (Lipinski definition) is 7. The van der Waals surface area contributed by atoms with Crippen LogP contribution >= 0.6 is 23.6 Å². The minimum atomic E-state index is -0.552. The summed E-state index contributed by atoms with van der Waals surface area (Å²) in [5.41, 5.74) is 2.80. The van der Waals surface area contributed by atoms with E-state index in [0.717, 1.165) is 5.56 Å². The Hall–Kier alpha value is -3.23. The topological polar surface area (TPSA) is 84.0 Å². The second kappa shape index (κ2) is 7.06. The molecule has 0 amide bonds. The molecule has 0 aliphatic carbocycles. The lowest BCUT2D eigenvalue weighted by Gasteiger charge is -2.06. The largest absolute Gasteiger partial charge is 0.508 e. The molecule has 0 fully saturated rings. The zero-order chi connectivity index (χ0) is 19.8. The quantitative estimate of drug-likeness (QED) is 0.491. The highest BCUT2D eigenvalue weighted by molar-refractivity contribution is 7.73. The van der Waals surface area contributed by atoms with Gasteiger partial charge in [-0.25, -0.2) is 9.79 Å². The lowest BCUT2D eigenvalue weighted by Crippen LogP contribution is -2.14. The average Bonchev–Trinajstić information content (AvgIpc) is 3.20. The van der Waals surface area contributed by atoms with Gasteiger partial charge in [0.2, 0.25) is 5.88 Å². The molecule has 2 aromatic carbocycles. The molecule has 2 N–H and O–H groups in total.